The summed E-state index contributed by atoms with van der Waals surface area (Å²) in [5.74, 6) is -0.136. The Kier molecular flexibility index (Phi) is 3.91. The standard InChI is InChI=1S/C17H23N3O2/c1-19(2)12-10-18-15(21)17(8-9-17)16(22)20-11-7-13-5-3-4-6-14(13)20/h3-6H,7-12H2,1-2H3,(H,18,21). The van der Waals surface area contributed by atoms with Crippen LogP contribution >= 0.6 is 0 Å². The molecular formula is C17H23N3O2. The van der Waals surface area contributed by atoms with Gasteiger partial charge in [-0.3, -0.25) is 9.59 Å². The van der Waals surface area contributed by atoms with Gasteiger partial charge in [-0.2, -0.15) is 0 Å². The molecule has 0 aromatic heterocycles. The molecule has 1 aromatic rings. The lowest BCUT2D eigenvalue weighted by atomic mass is 10.0. The molecule has 3 rings (SSSR count). The van der Waals surface area contributed by atoms with Crippen molar-refractivity contribution in [1.29, 1.82) is 0 Å². The van der Waals surface area contributed by atoms with E-state index in [1.165, 1.54) is 5.56 Å². The molecule has 1 N–H and O–H groups in total. The minimum absolute atomic E-state index is 0.0280. The van der Waals surface area contributed by atoms with E-state index in [0.29, 0.717) is 25.9 Å². The lowest BCUT2D eigenvalue weighted by molar-refractivity contribution is -0.135. The predicted molar refractivity (Wildman–Crippen MR) is 85.7 cm³/mol. The first-order valence-corrected chi connectivity index (χ1v) is 7.87. The smallest absolute Gasteiger partial charge is 0.242 e. The Morgan fingerprint density at radius 1 is 1.27 bits per heavy atom. The third-order valence-corrected chi connectivity index (χ3v) is 4.57. The van der Waals surface area contributed by atoms with Gasteiger partial charge in [0.15, 0.2) is 0 Å². The largest absolute Gasteiger partial charge is 0.354 e. The van der Waals surface area contributed by atoms with Gasteiger partial charge in [-0.15, -0.1) is 0 Å². The predicted octanol–water partition coefficient (Wildman–Crippen LogP) is 1.03. The van der Waals surface area contributed by atoms with E-state index in [1.807, 2.05) is 37.2 Å². The van der Waals surface area contributed by atoms with Crippen molar-refractivity contribution in [3.05, 3.63) is 29.8 Å². The van der Waals surface area contributed by atoms with E-state index in [-0.39, 0.29) is 11.8 Å². The topological polar surface area (TPSA) is 52.7 Å². The molecule has 0 saturated heterocycles. The van der Waals surface area contributed by atoms with E-state index in [9.17, 15) is 9.59 Å². The van der Waals surface area contributed by atoms with E-state index in [0.717, 1.165) is 18.7 Å². The van der Waals surface area contributed by atoms with E-state index in [4.69, 9.17) is 0 Å². The monoisotopic (exact) mass is 301 g/mol. The summed E-state index contributed by atoms with van der Waals surface area (Å²) < 4.78 is 0. The summed E-state index contributed by atoms with van der Waals surface area (Å²) in [6.07, 6.45) is 2.21. The van der Waals surface area contributed by atoms with E-state index < -0.39 is 5.41 Å². The molecule has 1 fully saturated rings. The van der Waals surface area contributed by atoms with E-state index in [1.54, 1.807) is 4.90 Å². The van der Waals surface area contributed by atoms with Crippen LogP contribution in [0.2, 0.25) is 0 Å². The number of rotatable bonds is 5. The molecule has 5 nitrogen and oxygen atoms in total. The quantitative estimate of drug-likeness (QED) is 0.827. The molecule has 2 aliphatic rings. The third-order valence-electron chi connectivity index (χ3n) is 4.57. The Morgan fingerprint density at radius 2 is 2.00 bits per heavy atom. The van der Waals surface area contributed by atoms with Crippen LogP contribution in [-0.4, -0.2) is 50.4 Å². The molecule has 1 heterocycles. The molecule has 0 spiro atoms. The maximum Gasteiger partial charge on any atom is 0.242 e. The summed E-state index contributed by atoms with van der Waals surface area (Å²) >= 11 is 0. The van der Waals surface area contributed by atoms with Crippen LogP contribution in [0.5, 0.6) is 0 Å². The molecular weight excluding hydrogens is 278 g/mol. The van der Waals surface area contributed by atoms with Crippen LogP contribution < -0.4 is 10.2 Å². The number of amides is 2. The van der Waals surface area contributed by atoms with Crippen molar-refractivity contribution in [3.63, 3.8) is 0 Å². The van der Waals surface area contributed by atoms with E-state index in [2.05, 4.69) is 11.4 Å². The number of anilines is 1. The minimum atomic E-state index is -0.816. The van der Waals surface area contributed by atoms with Gasteiger partial charge in [0.05, 0.1) is 0 Å². The Bertz CT molecular complexity index is 593. The molecule has 1 aliphatic heterocycles. The number of nitrogens with one attached hydrogen (secondary N) is 1. The van der Waals surface area contributed by atoms with Gasteiger partial charge in [0.25, 0.3) is 0 Å². The number of carbonyl (C=O) groups excluding carboxylic acids is 2. The first kappa shape index (κ1) is 15.0. The fraction of sp³-hybridized carbons (Fsp3) is 0.529. The van der Waals surface area contributed by atoms with Gasteiger partial charge in [0.2, 0.25) is 11.8 Å². The molecule has 1 aliphatic carbocycles. The van der Waals surface area contributed by atoms with Crippen LogP contribution in [0.25, 0.3) is 0 Å². The zero-order valence-corrected chi connectivity index (χ0v) is 13.3. The van der Waals surface area contributed by atoms with Crippen molar-refractivity contribution < 1.29 is 9.59 Å². The van der Waals surface area contributed by atoms with Crippen molar-refractivity contribution in [2.75, 3.05) is 38.6 Å². The van der Waals surface area contributed by atoms with Crippen LogP contribution in [0.1, 0.15) is 18.4 Å². The molecule has 0 atom stereocenters. The highest BCUT2D eigenvalue weighted by atomic mass is 16.2. The Labute approximate surface area is 131 Å². The molecule has 2 amide bonds. The van der Waals surface area contributed by atoms with Gasteiger partial charge in [0.1, 0.15) is 5.41 Å². The van der Waals surface area contributed by atoms with Crippen molar-refractivity contribution in [2.24, 2.45) is 5.41 Å². The molecule has 118 valence electrons. The highest BCUT2D eigenvalue weighted by molar-refractivity contribution is 6.14. The second-order valence-corrected chi connectivity index (χ2v) is 6.48. The third kappa shape index (κ3) is 2.61. The zero-order valence-electron chi connectivity index (χ0n) is 13.3. The average Bonchev–Trinajstić information content (AvgIpc) is 3.20. The van der Waals surface area contributed by atoms with Crippen LogP contribution in [0.15, 0.2) is 24.3 Å². The highest BCUT2D eigenvalue weighted by Gasteiger charge is 2.58. The summed E-state index contributed by atoms with van der Waals surface area (Å²) in [6.45, 7) is 2.05. The Morgan fingerprint density at radius 3 is 2.68 bits per heavy atom. The van der Waals surface area contributed by atoms with Gasteiger partial charge < -0.3 is 15.1 Å². The van der Waals surface area contributed by atoms with Gasteiger partial charge >= 0.3 is 0 Å². The number of nitrogens with zero attached hydrogens (tertiary/aromatic N) is 2. The van der Waals surface area contributed by atoms with Gasteiger partial charge in [-0.1, -0.05) is 18.2 Å². The summed E-state index contributed by atoms with van der Waals surface area (Å²) in [7, 11) is 3.93. The van der Waals surface area contributed by atoms with Gasteiger partial charge in [0, 0.05) is 25.3 Å². The molecule has 1 aromatic carbocycles. The highest BCUT2D eigenvalue weighted by Crippen LogP contribution is 2.49. The molecule has 5 heteroatoms. The number of hydrogen-bond donors (Lipinski definition) is 1. The Balaban J connectivity index is 1.69. The number of para-hydroxylation sites is 1. The first-order valence-electron chi connectivity index (χ1n) is 7.87. The van der Waals surface area contributed by atoms with Crippen molar-refractivity contribution in [3.8, 4) is 0 Å². The molecule has 22 heavy (non-hydrogen) atoms. The fourth-order valence-electron chi connectivity index (χ4n) is 3.03. The molecule has 0 bridgehead atoms. The summed E-state index contributed by atoms with van der Waals surface area (Å²) in [4.78, 5) is 29.1. The second kappa shape index (κ2) is 5.72. The number of hydrogen-bond acceptors (Lipinski definition) is 3. The number of carbonyl (C=O) groups is 2. The van der Waals surface area contributed by atoms with Crippen molar-refractivity contribution in [1.82, 2.24) is 10.2 Å². The van der Waals surface area contributed by atoms with Crippen LogP contribution in [-0.2, 0) is 16.0 Å². The number of fused-ring (bicyclic) bond motifs is 1. The summed E-state index contributed by atoms with van der Waals surface area (Å²) in [6, 6.07) is 7.97. The van der Waals surface area contributed by atoms with Crippen molar-refractivity contribution >= 4 is 17.5 Å². The minimum Gasteiger partial charge on any atom is -0.354 e. The number of benzene rings is 1. The lowest BCUT2D eigenvalue weighted by Gasteiger charge is -2.23. The SMILES string of the molecule is CN(C)CCNC(=O)C1(C(=O)N2CCc3ccccc32)CC1. The normalized spacial score (nSPS) is 18.2. The van der Waals surface area contributed by atoms with Crippen LogP contribution in [0.3, 0.4) is 0 Å². The maximum atomic E-state index is 12.9. The number of likely N-dealkylation sites (N-methyl/N-ethyl adjacent to an activating group) is 1. The van der Waals surface area contributed by atoms with Gasteiger partial charge in [-0.05, 0) is 45.0 Å². The maximum absolute atomic E-state index is 12.9. The van der Waals surface area contributed by atoms with E-state index >= 15 is 0 Å². The fourth-order valence-corrected chi connectivity index (χ4v) is 3.03. The molecule has 1 saturated carbocycles. The lowest BCUT2D eigenvalue weighted by Crippen LogP contribution is -2.46. The summed E-state index contributed by atoms with van der Waals surface area (Å²) in [5.41, 5.74) is 1.35. The molecule has 0 radical (unpaired) electrons. The average molecular weight is 301 g/mol. The van der Waals surface area contributed by atoms with Crippen LogP contribution in [0, 0.1) is 5.41 Å². The second-order valence-electron chi connectivity index (χ2n) is 6.48. The molecule has 0 unspecified atom stereocenters. The van der Waals surface area contributed by atoms with Crippen molar-refractivity contribution in [2.45, 2.75) is 19.3 Å². The van der Waals surface area contributed by atoms with Gasteiger partial charge in [-0.25, -0.2) is 0 Å². The first-order chi connectivity index (χ1) is 10.5. The zero-order chi connectivity index (χ0) is 15.7. The van der Waals surface area contributed by atoms with Crippen LogP contribution in [0.4, 0.5) is 5.69 Å². The Hall–Kier alpha value is -1.88. The summed E-state index contributed by atoms with van der Waals surface area (Å²) in [5, 5.41) is 2.92.